The summed E-state index contributed by atoms with van der Waals surface area (Å²) in [6, 6.07) is 8.16. The average molecular weight is 301 g/mol. The van der Waals surface area contributed by atoms with E-state index in [0.717, 1.165) is 6.42 Å². The predicted molar refractivity (Wildman–Crippen MR) is 65.0 cm³/mol. The zero-order valence-electron chi connectivity index (χ0n) is 8.25. The van der Waals surface area contributed by atoms with E-state index < -0.39 is 11.2 Å². The minimum atomic E-state index is -3.15. The topological polar surface area (TPSA) is 0 Å². The Bertz CT molecular complexity index is 409. The van der Waals surface area contributed by atoms with Gasteiger partial charge in [0.25, 0.3) is 0 Å². The van der Waals surface area contributed by atoms with E-state index in [1.54, 1.807) is 0 Å². The van der Waals surface area contributed by atoms with Gasteiger partial charge in [0.1, 0.15) is 0 Å². The van der Waals surface area contributed by atoms with Crippen molar-refractivity contribution in [3.05, 3.63) is 41.5 Å². The van der Waals surface area contributed by atoms with Crippen LogP contribution in [0.25, 0.3) is 6.08 Å². The van der Waals surface area contributed by atoms with Crippen LogP contribution in [0.15, 0.2) is 30.3 Å². The number of fused-ring (bicyclic) bond motifs is 1. The van der Waals surface area contributed by atoms with Crippen molar-refractivity contribution in [1.29, 1.82) is 0 Å². The predicted octanol–water partition coefficient (Wildman–Crippen LogP) is 4.93. The van der Waals surface area contributed by atoms with Gasteiger partial charge in [0.15, 0.2) is 0 Å². The molecule has 0 N–H and O–H groups in total. The SMILES string of the molecule is CC[C]1([V]([Cl])([Cl])[Cl])C=Cc2ccccc21. The van der Waals surface area contributed by atoms with Crippen molar-refractivity contribution in [2.45, 2.75) is 17.5 Å². The monoisotopic (exact) mass is 299 g/mol. The van der Waals surface area contributed by atoms with Gasteiger partial charge >= 0.3 is 106 Å². The summed E-state index contributed by atoms with van der Waals surface area (Å²) < 4.78 is -0.306. The molecule has 1 aliphatic rings. The third kappa shape index (κ3) is 1.77. The van der Waals surface area contributed by atoms with Crippen molar-refractivity contribution < 1.29 is 11.2 Å². The third-order valence-corrected chi connectivity index (χ3v) is 9.20. The molecule has 0 saturated carbocycles. The van der Waals surface area contributed by atoms with Gasteiger partial charge in [-0.25, -0.2) is 0 Å². The second-order valence-corrected chi connectivity index (χ2v) is 14.7. The van der Waals surface area contributed by atoms with Crippen molar-refractivity contribution in [1.82, 2.24) is 0 Å². The standard InChI is InChI=1S/C11H11.3ClH.V/c1-2-9-7-8-10-5-3-4-6-11(9)10;;;;/h3-8H,2H2,1H3;3*1H;/q;;;;+3/p-3. The fourth-order valence-corrected chi connectivity index (χ4v) is 7.05. The van der Waals surface area contributed by atoms with Gasteiger partial charge in [0.05, 0.1) is 0 Å². The van der Waals surface area contributed by atoms with Crippen molar-refractivity contribution >= 4 is 35.6 Å². The van der Waals surface area contributed by atoms with Crippen LogP contribution < -0.4 is 0 Å². The van der Waals surface area contributed by atoms with Crippen molar-refractivity contribution in [2.24, 2.45) is 0 Å². The van der Waals surface area contributed by atoms with Crippen LogP contribution in [0, 0.1) is 0 Å². The summed E-state index contributed by atoms with van der Waals surface area (Å²) in [4.78, 5) is 0. The third-order valence-electron chi connectivity index (χ3n) is 2.96. The molecule has 0 spiro atoms. The quantitative estimate of drug-likeness (QED) is 0.726. The summed E-state index contributed by atoms with van der Waals surface area (Å²) in [5, 5.41) is 0. The Balaban J connectivity index is 2.61. The molecule has 2 rings (SSSR count). The van der Waals surface area contributed by atoms with Crippen LogP contribution >= 0.6 is 29.5 Å². The molecular formula is C11H11Cl3V. The summed E-state index contributed by atoms with van der Waals surface area (Å²) in [5.41, 5.74) is 2.37. The molecule has 1 aromatic rings. The minimum absolute atomic E-state index is 0.306. The number of hydrogen-bond acceptors (Lipinski definition) is 0. The van der Waals surface area contributed by atoms with E-state index in [0.29, 0.717) is 0 Å². The molecular weight excluding hydrogens is 289 g/mol. The van der Waals surface area contributed by atoms with E-state index in [4.69, 9.17) is 29.5 Å². The molecule has 0 aromatic heterocycles. The summed E-state index contributed by atoms with van der Waals surface area (Å²) in [6.07, 6.45) is 5.00. The van der Waals surface area contributed by atoms with Gasteiger partial charge in [0, 0.05) is 0 Å². The Hall–Kier alpha value is 0.414. The maximum absolute atomic E-state index is 6.28. The van der Waals surface area contributed by atoms with Crippen molar-refractivity contribution in [3.63, 3.8) is 0 Å². The van der Waals surface area contributed by atoms with E-state index in [1.165, 1.54) is 11.1 Å². The van der Waals surface area contributed by atoms with Gasteiger partial charge in [-0.2, -0.15) is 0 Å². The molecule has 0 bridgehead atoms. The van der Waals surface area contributed by atoms with Crippen LogP contribution in [0.4, 0.5) is 0 Å². The van der Waals surface area contributed by atoms with E-state index in [2.05, 4.69) is 31.2 Å². The van der Waals surface area contributed by atoms with Gasteiger partial charge in [-0.15, -0.1) is 0 Å². The van der Waals surface area contributed by atoms with Crippen molar-refractivity contribution in [2.75, 3.05) is 0 Å². The van der Waals surface area contributed by atoms with E-state index in [9.17, 15) is 0 Å². The molecule has 0 aliphatic heterocycles. The molecule has 0 heterocycles. The summed E-state index contributed by atoms with van der Waals surface area (Å²) in [6.45, 7) is 2.08. The molecule has 0 saturated heterocycles. The normalized spacial score (nSPS) is 24.3. The van der Waals surface area contributed by atoms with Crippen LogP contribution in [0.2, 0.25) is 0 Å². The van der Waals surface area contributed by atoms with E-state index >= 15 is 0 Å². The van der Waals surface area contributed by atoms with Crippen LogP contribution in [-0.4, -0.2) is 0 Å². The molecule has 81 valence electrons. The first-order chi connectivity index (χ1) is 7.01. The first kappa shape index (κ1) is 11.9. The number of hydrogen-bond donors (Lipinski definition) is 0. The van der Waals surface area contributed by atoms with E-state index in [-0.39, 0.29) is 4.13 Å². The Morgan fingerprint density at radius 2 is 1.87 bits per heavy atom. The summed E-state index contributed by atoms with van der Waals surface area (Å²) in [5.74, 6) is 0. The fraction of sp³-hybridized carbons (Fsp3) is 0.273. The van der Waals surface area contributed by atoms with Gasteiger partial charge in [0.2, 0.25) is 0 Å². The Kier molecular flexibility index (Phi) is 3.18. The summed E-state index contributed by atoms with van der Waals surface area (Å²) in [7, 11) is 18.8. The Morgan fingerprint density at radius 3 is 2.47 bits per heavy atom. The Morgan fingerprint density at radius 1 is 1.20 bits per heavy atom. The summed E-state index contributed by atoms with van der Waals surface area (Å²) >= 11 is -3.15. The second kappa shape index (κ2) is 4.02. The van der Waals surface area contributed by atoms with E-state index in [1.807, 2.05) is 12.1 Å². The second-order valence-electron chi connectivity index (χ2n) is 3.64. The van der Waals surface area contributed by atoms with Gasteiger partial charge in [-0.1, -0.05) is 0 Å². The molecule has 1 unspecified atom stereocenters. The molecule has 0 radical (unpaired) electrons. The maximum atomic E-state index is 6.28. The zero-order valence-corrected chi connectivity index (χ0v) is 11.9. The number of halogens is 3. The van der Waals surface area contributed by atoms with Gasteiger partial charge in [-0.05, 0) is 0 Å². The molecule has 15 heavy (non-hydrogen) atoms. The first-order valence-electron chi connectivity index (χ1n) is 4.78. The van der Waals surface area contributed by atoms with Gasteiger partial charge in [-0.3, -0.25) is 0 Å². The zero-order chi connectivity index (χ0) is 11.1. The molecule has 4 heteroatoms. The molecule has 0 amide bonds. The molecule has 1 atom stereocenters. The molecule has 0 nitrogen and oxygen atoms in total. The van der Waals surface area contributed by atoms with Gasteiger partial charge < -0.3 is 0 Å². The fourth-order valence-electron chi connectivity index (χ4n) is 2.06. The average Bonchev–Trinajstić information content (AvgIpc) is 2.56. The van der Waals surface area contributed by atoms with Crippen molar-refractivity contribution in [3.8, 4) is 0 Å². The number of benzene rings is 1. The Labute approximate surface area is 105 Å². The molecule has 1 aromatic carbocycles. The number of allylic oxidation sites excluding steroid dienone is 1. The molecule has 1 aliphatic carbocycles. The first-order valence-corrected chi connectivity index (χ1v) is 11.2. The van der Waals surface area contributed by atoms with Crippen LogP contribution in [0.3, 0.4) is 0 Å². The number of rotatable bonds is 2. The molecule has 0 fully saturated rings. The van der Waals surface area contributed by atoms with Crippen LogP contribution in [0.1, 0.15) is 24.5 Å². The van der Waals surface area contributed by atoms with Crippen LogP contribution in [-0.2, 0) is 15.3 Å². The van der Waals surface area contributed by atoms with Crippen LogP contribution in [0.5, 0.6) is 0 Å².